The van der Waals surface area contributed by atoms with Gasteiger partial charge in [0, 0.05) is 10.2 Å². The predicted molar refractivity (Wildman–Crippen MR) is 71.5 cm³/mol. The molecular formula is C13H15BrN2O. The molecule has 0 amide bonds. The molecule has 0 unspecified atom stereocenters. The minimum atomic E-state index is 0.747. The zero-order valence-corrected chi connectivity index (χ0v) is 11.8. The first-order valence-corrected chi connectivity index (χ1v) is 6.23. The van der Waals surface area contributed by atoms with E-state index in [1.807, 2.05) is 29.8 Å². The lowest BCUT2D eigenvalue weighted by Crippen LogP contribution is -2.04. The van der Waals surface area contributed by atoms with E-state index in [1.165, 1.54) is 0 Å². The van der Waals surface area contributed by atoms with Crippen molar-refractivity contribution in [3.63, 3.8) is 0 Å². The lowest BCUT2D eigenvalue weighted by atomic mass is 10.2. The second kappa shape index (κ2) is 4.92. The maximum Gasteiger partial charge on any atom is 0.119 e. The molecule has 3 nitrogen and oxygen atoms in total. The van der Waals surface area contributed by atoms with Crippen LogP contribution in [0.1, 0.15) is 17.0 Å². The SMILES string of the molecule is COc1ccc(Br)c(Cn2nc(C)cc2C)c1. The Hall–Kier alpha value is -1.29. The molecule has 0 saturated carbocycles. The number of ether oxygens (including phenoxy) is 1. The third kappa shape index (κ3) is 2.69. The number of benzene rings is 1. The van der Waals surface area contributed by atoms with E-state index in [0.717, 1.165) is 33.7 Å². The van der Waals surface area contributed by atoms with E-state index in [-0.39, 0.29) is 0 Å². The van der Waals surface area contributed by atoms with E-state index in [9.17, 15) is 0 Å². The summed E-state index contributed by atoms with van der Waals surface area (Å²) in [5.41, 5.74) is 3.37. The highest BCUT2D eigenvalue weighted by molar-refractivity contribution is 9.10. The van der Waals surface area contributed by atoms with Gasteiger partial charge in [-0.05, 0) is 43.7 Å². The molecule has 0 saturated heterocycles. The third-order valence-corrected chi connectivity index (χ3v) is 3.45. The molecule has 17 heavy (non-hydrogen) atoms. The van der Waals surface area contributed by atoms with Gasteiger partial charge in [0.25, 0.3) is 0 Å². The molecule has 0 bridgehead atoms. The number of methoxy groups -OCH3 is 1. The molecule has 0 N–H and O–H groups in total. The van der Waals surface area contributed by atoms with Gasteiger partial charge in [-0.2, -0.15) is 5.10 Å². The first-order valence-electron chi connectivity index (χ1n) is 5.43. The summed E-state index contributed by atoms with van der Waals surface area (Å²) in [5, 5.41) is 4.46. The Kier molecular flexibility index (Phi) is 3.52. The number of rotatable bonds is 3. The van der Waals surface area contributed by atoms with Crippen LogP contribution in [0.25, 0.3) is 0 Å². The van der Waals surface area contributed by atoms with E-state index >= 15 is 0 Å². The summed E-state index contributed by atoms with van der Waals surface area (Å²) in [6.07, 6.45) is 0. The topological polar surface area (TPSA) is 27.1 Å². The molecule has 2 aromatic rings. The number of aryl methyl sites for hydroxylation is 2. The fourth-order valence-electron chi connectivity index (χ4n) is 1.80. The van der Waals surface area contributed by atoms with Gasteiger partial charge in [0.05, 0.1) is 19.3 Å². The van der Waals surface area contributed by atoms with Crippen LogP contribution in [0.4, 0.5) is 0 Å². The summed E-state index contributed by atoms with van der Waals surface area (Å²) >= 11 is 3.55. The standard InChI is InChI=1S/C13H15BrN2O/c1-9-6-10(2)16(15-9)8-11-7-12(17-3)4-5-13(11)14/h4-7H,8H2,1-3H3. The second-order valence-corrected chi connectivity index (χ2v) is 4.90. The van der Waals surface area contributed by atoms with Crippen molar-refractivity contribution in [2.45, 2.75) is 20.4 Å². The molecule has 0 aliphatic carbocycles. The normalized spacial score (nSPS) is 10.6. The van der Waals surface area contributed by atoms with Crippen LogP contribution >= 0.6 is 15.9 Å². The average molecular weight is 295 g/mol. The van der Waals surface area contributed by atoms with E-state index in [1.54, 1.807) is 7.11 Å². The van der Waals surface area contributed by atoms with Crippen LogP contribution in [-0.4, -0.2) is 16.9 Å². The zero-order chi connectivity index (χ0) is 12.4. The van der Waals surface area contributed by atoms with E-state index < -0.39 is 0 Å². The lowest BCUT2D eigenvalue weighted by molar-refractivity contribution is 0.414. The van der Waals surface area contributed by atoms with Gasteiger partial charge in [-0.15, -0.1) is 0 Å². The summed E-state index contributed by atoms with van der Waals surface area (Å²) in [7, 11) is 1.68. The number of halogens is 1. The van der Waals surface area contributed by atoms with Crippen LogP contribution in [0.2, 0.25) is 0 Å². The van der Waals surface area contributed by atoms with Crippen molar-refractivity contribution in [2.75, 3.05) is 7.11 Å². The Morgan fingerprint density at radius 1 is 1.29 bits per heavy atom. The van der Waals surface area contributed by atoms with Crippen LogP contribution < -0.4 is 4.74 Å². The van der Waals surface area contributed by atoms with Gasteiger partial charge in [-0.1, -0.05) is 15.9 Å². The van der Waals surface area contributed by atoms with Crippen LogP contribution in [0.15, 0.2) is 28.7 Å². The Morgan fingerprint density at radius 3 is 2.65 bits per heavy atom. The largest absolute Gasteiger partial charge is 0.497 e. The molecular weight excluding hydrogens is 280 g/mol. The van der Waals surface area contributed by atoms with Crippen molar-refractivity contribution in [1.82, 2.24) is 9.78 Å². The van der Waals surface area contributed by atoms with Crippen molar-refractivity contribution in [3.8, 4) is 5.75 Å². The van der Waals surface area contributed by atoms with Crippen molar-refractivity contribution >= 4 is 15.9 Å². The van der Waals surface area contributed by atoms with Crippen molar-refractivity contribution in [3.05, 3.63) is 45.7 Å². The number of hydrogen-bond acceptors (Lipinski definition) is 2. The van der Waals surface area contributed by atoms with Crippen molar-refractivity contribution < 1.29 is 4.74 Å². The summed E-state index contributed by atoms with van der Waals surface area (Å²) < 4.78 is 8.30. The number of aromatic nitrogens is 2. The van der Waals surface area contributed by atoms with Gasteiger partial charge in [0.1, 0.15) is 5.75 Å². The lowest BCUT2D eigenvalue weighted by Gasteiger charge is -2.09. The van der Waals surface area contributed by atoms with E-state index in [0.29, 0.717) is 0 Å². The van der Waals surface area contributed by atoms with Crippen molar-refractivity contribution in [2.24, 2.45) is 0 Å². The Bertz CT molecular complexity index is 534. The summed E-state index contributed by atoms with van der Waals surface area (Å²) in [4.78, 5) is 0. The molecule has 0 atom stereocenters. The van der Waals surface area contributed by atoms with E-state index in [2.05, 4.69) is 34.0 Å². The summed E-state index contributed by atoms with van der Waals surface area (Å²) in [5.74, 6) is 0.865. The minimum absolute atomic E-state index is 0.747. The number of nitrogens with zero attached hydrogens (tertiary/aromatic N) is 2. The molecule has 2 rings (SSSR count). The van der Waals surface area contributed by atoms with Crippen LogP contribution in [0.3, 0.4) is 0 Å². The quantitative estimate of drug-likeness (QED) is 0.868. The highest BCUT2D eigenvalue weighted by Gasteiger charge is 2.06. The molecule has 4 heteroatoms. The highest BCUT2D eigenvalue weighted by Crippen LogP contribution is 2.23. The van der Waals surface area contributed by atoms with Crippen LogP contribution in [0.5, 0.6) is 5.75 Å². The van der Waals surface area contributed by atoms with Gasteiger partial charge in [0.15, 0.2) is 0 Å². The molecule has 0 spiro atoms. The van der Waals surface area contributed by atoms with Crippen molar-refractivity contribution in [1.29, 1.82) is 0 Å². The molecule has 1 heterocycles. The Morgan fingerprint density at radius 2 is 2.06 bits per heavy atom. The summed E-state index contributed by atoms with van der Waals surface area (Å²) in [6, 6.07) is 8.04. The highest BCUT2D eigenvalue weighted by atomic mass is 79.9. The Balaban J connectivity index is 2.32. The van der Waals surface area contributed by atoms with Gasteiger partial charge >= 0.3 is 0 Å². The van der Waals surface area contributed by atoms with Gasteiger partial charge in [-0.3, -0.25) is 4.68 Å². The molecule has 1 aromatic carbocycles. The Labute approximate surface area is 110 Å². The predicted octanol–water partition coefficient (Wildman–Crippen LogP) is 3.32. The molecule has 0 radical (unpaired) electrons. The summed E-state index contributed by atoms with van der Waals surface area (Å²) in [6.45, 7) is 4.82. The monoisotopic (exact) mass is 294 g/mol. The minimum Gasteiger partial charge on any atom is -0.497 e. The van der Waals surface area contributed by atoms with Crippen LogP contribution in [0, 0.1) is 13.8 Å². The maximum absolute atomic E-state index is 5.23. The number of hydrogen-bond donors (Lipinski definition) is 0. The van der Waals surface area contributed by atoms with Crippen LogP contribution in [-0.2, 0) is 6.54 Å². The third-order valence-electron chi connectivity index (χ3n) is 2.68. The molecule has 90 valence electrons. The first-order chi connectivity index (χ1) is 8.10. The fraction of sp³-hybridized carbons (Fsp3) is 0.308. The average Bonchev–Trinajstić information content (AvgIpc) is 2.60. The van der Waals surface area contributed by atoms with Gasteiger partial charge in [0.2, 0.25) is 0 Å². The molecule has 1 aromatic heterocycles. The van der Waals surface area contributed by atoms with Gasteiger partial charge < -0.3 is 4.74 Å². The maximum atomic E-state index is 5.23. The smallest absolute Gasteiger partial charge is 0.119 e. The fourth-order valence-corrected chi connectivity index (χ4v) is 2.17. The zero-order valence-electron chi connectivity index (χ0n) is 10.2. The second-order valence-electron chi connectivity index (χ2n) is 4.04. The van der Waals surface area contributed by atoms with Gasteiger partial charge in [-0.25, -0.2) is 0 Å². The first kappa shape index (κ1) is 12.2. The molecule has 0 aliphatic rings. The molecule has 0 aliphatic heterocycles. The van der Waals surface area contributed by atoms with E-state index in [4.69, 9.17) is 4.74 Å². The molecule has 0 fully saturated rings.